The van der Waals surface area contributed by atoms with Crippen LogP contribution in [0, 0.1) is 0 Å². The fraction of sp³-hybridized carbons (Fsp3) is 0.263. The lowest BCUT2D eigenvalue weighted by Gasteiger charge is -2.14. The summed E-state index contributed by atoms with van der Waals surface area (Å²) in [6.07, 6.45) is 2.00. The van der Waals surface area contributed by atoms with Crippen molar-refractivity contribution in [2.45, 2.75) is 18.9 Å². The van der Waals surface area contributed by atoms with Gasteiger partial charge in [0.1, 0.15) is 0 Å². The normalized spacial score (nSPS) is 13.0. The Kier molecular flexibility index (Phi) is 4.88. The monoisotopic (exact) mass is 340 g/mol. The van der Waals surface area contributed by atoms with E-state index in [1.807, 2.05) is 0 Å². The van der Waals surface area contributed by atoms with Crippen LogP contribution in [-0.4, -0.2) is 32.1 Å². The van der Waals surface area contributed by atoms with Gasteiger partial charge in [-0.3, -0.25) is 9.59 Å². The third-order valence-electron chi connectivity index (χ3n) is 3.98. The fourth-order valence-electron chi connectivity index (χ4n) is 2.54. The minimum atomic E-state index is -0.373. The zero-order chi connectivity index (χ0) is 17.8. The van der Waals surface area contributed by atoms with Crippen molar-refractivity contribution in [1.29, 1.82) is 0 Å². The molecule has 6 heteroatoms. The summed E-state index contributed by atoms with van der Waals surface area (Å²) >= 11 is 0. The number of carbonyl (C=O) groups is 2. The maximum atomic E-state index is 12.7. The predicted octanol–water partition coefficient (Wildman–Crippen LogP) is 2.85. The molecule has 0 atom stereocenters. The average molecular weight is 340 g/mol. The van der Waals surface area contributed by atoms with Gasteiger partial charge in [0.25, 0.3) is 11.8 Å². The lowest BCUT2D eigenvalue weighted by molar-refractivity contribution is 0.0952. The summed E-state index contributed by atoms with van der Waals surface area (Å²) in [6, 6.07) is 12.2. The molecule has 0 radical (unpaired) electrons. The van der Waals surface area contributed by atoms with Crippen molar-refractivity contribution in [3.63, 3.8) is 0 Å². The van der Waals surface area contributed by atoms with Gasteiger partial charge in [-0.05, 0) is 37.1 Å². The molecule has 0 bridgehead atoms. The van der Waals surface area contributed by atoms with Gasteiger partial charge in [-0.15, -0.1) is 0 Å². The van der Waals surface area contributed by atoms with Gasteiger partial charge in [-0.1, -0.05) is 18.2 Å². The highest BCUT2D eigenvalue weighted by atomic mass is 16.5. The first kappa shape index (κ1) is 16.8. The maximum Gasteiger partial charge on any atom is 0.259 e. The maximum absolute atomic E-state index is 12.7. The third kappa shape index (κ3) is 3.74. The van der Waals surface area contributed by atoms with Crippen LogP contribution in [0.5, 0.6) is 11.5 Å². The topological polar surface area (TPSA) is 76.7 Å². The first-order chi connectivity index (χ1) is 12.1. The molecule has 1 aliphatic carbocycles. The standard InChI is InChI=1S/C19H20N2O4/c1-24-16-9-5-7-14(17(16)25-2)19(23)21-15-8-4-3-6-13(15)18(22)20-12-10-11-12/h3-9,12H,10-11H2,1-2H3,(H,20,22)(H,21,23). The van der Waals surface area contributed by atoms with Gasteiger partial charge < -0.3 is 20.1 Å². The lowest BCUT2D eigenvalue weighted by atomic mass is 10.1. The summed E-state index contributed by atoms with van der Waals surface area (Å²) < 4.78 is 10.5. The Labute approximate surface area is 146 Å². The Morgan fingerprint density at radius 3 is 2.32 bits per heavy atom. The van der Waals surface area contributed by atoms with E-state index < -0.39 is 0 Å². The van der Waals surface area contributed by atoms with Crippen LogP contribution < -0.4 is 20.1 Å². The molecule has 0 heterocycles. The van der Waals surface area contributed by atoms with Crippen molar-refractivity contribution in [2.24, 2.45) is 0 Å². The largest absolute Gasteiger partial charge is 0.493 e. The number of para-hydroxylation sites is 2. The summed E-state index contributed by atoms with van der Waals surface area (Å²) in [5, 5.41) is 5.72. The molecule has 1 fully saturated rings. The summed E-state index contributed by atoms with van der Waals surface area (Å²) in [5.74, 6) is 0.260. The van der Waals surface area contributed by atoms with Crippen LogP contribution in [-0.2, 0) is 0 Å². The smallest absolute Gasteiger partial charge is 0.259 e. The molecule has 1 saturated carbocycles. The zero-order valence-corrected chi connectivity index (χ0v) is 14.2. The van der Waals surface area contributed by atoms with Gasteiger partial charge in [0.2, 0.25) is 0 Å². The van der Waals surface area contributed by atoms with Crippen molar-refractivity contribution < 1.29 is 19.1 Å². The SMILES string of the molecule is COc1cccc(C(=O)Nc2ccccc2C(=O)NC2CC2)c1OC. The molecule has 2 aromatic carbocycles. The molecule has 6 nitrogen and oxygen atoms in total. The van der Waals surface area contributed by atoms with Crippen molar-refractivity contribution in [1.82, 2.24) is 5.32 Å². The minimum Gasteiger partial charge on any atom is -0.493 e. The highest BCUT2D eigenvalue weighted by Gasteiger charge is 2.25. The zero-order valence-electron chi connectivity index (χ0n) is 14.2. The number of rotatable bonds is 6. The van der Waals surface area contributed by atoms with Crippen LogP contribution in [0.4, 0.5) is 5.69 Å². The minimum absolute atomic E-state index is 0.184. The van der Waals surface area contributed by atoms with Crippen LogP contribution in [0.3, 0.4) is 0 Å². The molecular weight excluding hydrogens is 320 g/mol. The molecule has 0 spiro atoms. The Balaban J connectivity index is 1.85. The molecule has 2 aromatic rings. The third-order valence-corrected chi connectivity index (χ3v) is 3.98. The van der Waals surface area contributed by atoms with Crippen molar-refractivity contribution in [3.8, 4) is 11.5 Å². The first-order valence-electron chi connectivity index (χ1n) is 8.06. The van der Waals surface area contributed by atoms with Gasteiger partial charge in [0, 0.05) is 6.04 Å². The summed E-state index contributed by atoms with van der Waals surface area (Å²) in [5.41, 5.74) is 1.22. The number of hydrogen-bond acceptors (Lipinski definition) is 4. The van der Waals surface area contributed by atoms with E-state index in [-0.39, 0.29) is 17.9 Å². The second kappa shape index (κ2) is 7.25. The number of anilines is 1. The van der Waals surface area contributed by atoms with Crippen molar-refractivity contribution in [2.75, 3.05) is 19.5 Å². The van der Waals surface area contributed by atoms with Gasteiger partial charge in [0.05, 0.1) is 31.0 Å². The van der Waals surface area contributed by atoms with Crippen LogP contribution in [0.2, 0.25) is 0 Å². The first-order valence-corrected chi connectivity index (χ1v) is 8.06. The number of carbonyl (C=O) groups excluding carboxylic acids is 2. The number of ether oxygens (including phenoxy) is 2. The van der Waals surface area contributed by atoms with E-state index in [2.05, 4.69) is 10.6 Å². The van der Waals surface area contributed by atoms with Crippen LogP contribution >= 0.6 is 0 Å². The van der Waals surface area contributed by atoms with E-state index in [0.717, 1.165) is 12.8 Å². The van der Waals surface area contributed by atoms with Crippen LogP contribution in [0.25, 0.3) is 0 Å². The van der Waals surface area contributed by atoms with Gasteiger partial charge in [-0.2, -0.15) is 0 Å². The molecule has 2 amide bonds. The predicted molar refractivity (Wildman–Crippen MR) is 94.4 cm³/mol. The second-order valence-electron chi connectivity index (χ2n) is 5.79. The summed E-state index contributed by atoms with van der Waals surface area (Å²) in [4.78, 5) is 25.0. The fourth-order valence-corrected chi connectivity index (χ4v) is 2.54. The Bertz CT molecular complexity index is 800. The average Bonchev–Trinajstić information content (AvgIpc) is 3.45. The van der Waals surface area contributed by atoms with E-state index in [1.54, 1.807) is 42.5 Å². The number of methoxy groups -OCH3 is 2. The molecule has 3 rings (SSSR count). The van der Waals surface area contributed by atoms with Crippen LogP contribution in [0.15, 0.2) is 42.5 Å². The quantitative estimate of drug-likeness (QED) is 0.848. The van der Waals surface area contributed by atoms with Gasteiger partial charge >= 0.3 is 0 Å². The molecule has 0 aromatic heterocycles. The molecule has 2 N–H and O–H groups in total. The van der Waals surface area contributed by atoms with Gasteiger partial charge in [-0.25, -0.2) is 0 Å². The highest BCUT2D eigenvalue weighted by molar-refractivity contribution is 6.10. The lowest BCUT2D eigenvalue weighted by Crippen LogP contribution is -2.27. The van der Waals surface area contributed by atoms with E-state index in [4.69, 9.17) is 9.47 Å². The Morgan fingerprint density at radius 2 is 1.64 bits per heavy atom. The Hall–Kier alpha value is -3.02. The van der Waals surface area contributed by atoms with E-state index in [9.17, 15) is 9.59 Å². The van der Waals surface area contributed by atoms with E-state index in [0.29, 0.717) is 28.3 Å². The summed E-state index contributed by atoms with van der Waals surface area (Å²) in [7, 11) is 2.99. The summed E-state index contributed by atoms with van der Waals surface area (Å²) in [6.45, 7) is 0. The number of nitrogens with one attached hydrogen (secondary N) is 2. The van der Waals surface area contributed by atoms with Crippen LogP contribution in [0.1, 0.15) is 33.6 Å². The van der Waals surface area contributed by atoms with Gasteiger partial charge in [0.15, 0.2) is 11.5 Å². The number of amides is 2. The van der Waals surface area contributed by atoms with Crippen molar-refractivity contribution >= 4 is 17.5 Å². The Morgan fingerprint density at radius 1 is 0.920 bits per heavy atom. The second-order valence-corrected chi connectivity index (χ2v) is 5.79. The van der Waals surface area contributed by atoms with E-state index >= 15 is 0 Å². The molecule has 0 saturated heterocycles. The molecule has 25 heavy (non-hydrogen) atoms. The molecule has 0 aliphatic heterocycles. The van der Waals surface area contributed by atoms with E-state index in [1.165, 1.54) is 14.2 Å². The molecule has 0 unspecified atom stereocenters. The molecule has 1 aliphatic rings. The number of hydrogen-bond donors (Lipinski definition) is 2. The van der Waals surface area contributed by atoms with Crippen molar-refractivity contribution in [3.05, 3.63) is 53.6 Å². The highest BCUT2D eigenvalue weighted by Crippen LogP contribution is 2.31. The molecular formula is C19H20N2O4. The number of benzene rings is 2. The molecule has 130 valence electrons.